The van der Waals surface area contributed by atoms with E-state index in [2.05, 4.69) is 10.0 Å². The molecule has 2 aromatic rings. The third-order valence-corrected chi connectivity index (χ3v) is 5.40. The van der Waals surface area contributed by atoms with Gasteiger partial charge in [-0.2, -0.15) is 0 Å². The number of nitro benzene ring substituents is 1. The summed E-state index contributed by atoms with van der Waals surface area (Å²) in [5, 5.41) is 13.8. The largest absolute Gasteiger partial charge is 0.326 e. The molecule has 26 heavy (non-hydrogen) atoms. The molecule has 0 aromatic heterocycles. The minimum absolute atomic E-state index is 0.0310. The summed E-state index contributed by atoms with van der Waals surface area (Å²) in [6.45, 7) is 1.54. The monoisotopic (exact) mass is 375 g/mol. The lowest BCUT2D eigenvalue weighted by Crippen LogP contribution is -2.15. The minimum Gasteiger partial charge on any atom is -0.326 e. The fraction of sp³-hybridized carbons (Fsp3) is 0.235. The van der Waals surface area contributed by atoms with E-state index in [1.807, 2.05) is 0 Å². The molecular weight excluding hydrogens is 358 g/mol. The summed E-state index contributed by atoms with van der Waals surface area (Å²) in [6, 6.07) is 10.0. The Morgan fingerprint density at radius 3 is 2.50 bits per heavy atom. The van der Waals surface area contributed by atoms with Crippen molar-refractivity contribution < 1.29 is 18.1 Å². The van der Waals surface area contributed by atoms with Crippen molar-refractivity contribution >= 4 is 33.0 Å². The maximum absolute atomic E-state index is 12.5. The lowest BCUT2D eigenvalue weighted by atomic mass is 10.2. The van der Waals surface area contributed by atoms with Crippen molar-refractivity contribution in [2.45, 2.75) is 24.7 Å². The first-order valence-corrected chi connectivity index (χ1v) is 9.43. The Morgan fingerprint density at radius 1 is 1.15 bits per heavy atom. The van der Waals surface area contributed by atoms with Crippen LogP contribution in [0.25, 0.3) is 0 Å². The van der Waals surface area contributed by atoms with Crippen LogP contribution in [0, 0.1) is 23.0 Å². The van der Waals surface area contributed by atoms with Crippen molar-refractivity contribution in [2.24, 2.45) is 5.92 Å². The van der Waals surface area contributed by atoms with E-state index in [0.717, 1.165) is 18.9 Å². The first kappa shape index (κ1) is 17.9. The van der Waals surface area contributed by atoms with Gasteiger partial charge in [0.05, 0.1) is 15.5 Å². The minimum atomic E-state index is -4.00. The van der Waals surface area contributed by atoms with Gasteiger partial charge in [0, 0.05) is 23.2 Å². The smallest absolute Gasteiger partial charge is 0.273 e. The van der Waals surface area contributed by atoms with Crippen LogP contribution in [-0.2, 0) is 14.8 Å². The molecule has 0 unspecified atom stereocenters. The summed E-state index contributed by atoms with van der Waals surface area (Å²) < 4.78 is 27.4. The Balaban J connectivity index is 1.82. The lowest BCUT2D eigenvalue weighted by Gasteiger charge is -2.10. The summed E-state index contributed by atoms with van der Waals surface area (Å²) in [5.74, 6) is -0.0531. The molecule has 1 fully saturated rings. The molecule has 136 valence electrons. The van der Waals surface area contributed by atoms with Gasteiger partial charge >= 0.3 is 0 Å². The van der Waals surface area contributed by atoms with Gasteiger partial charge in [0.2, 0.25) is 5.91 Å². The van der Waals surface area contributed by atoms with Crippen LogP contribution in [0.4, 0.5) is 17.1 Å². The predicted molar refractivity (Wildman–Crippen MR) is 96.4 cm³/mol. The van der Waals surface area contributed by atoms with Crippen LogP contribution in [-0.4, -0.2) is 19.2 Å². The summed E-state index contributed by atoms with van der Waals surface area (Å²) >= 11 is 0. The molecule has 2 N–H and O–H groups in total. The Kier molecular flexibility index (Phi) is 4.64. The van der Waals surface area contributed by atoms with Crippen LogP contribution in [0.5, 0.6) is 0 Å². The fourth-order valence-corrected chi connectivity index (χ4v) is 3.49. The number of sulfonamides is 1. The maximum Gasteiger partial charge on any atom is 0.273 e. The number of nitro groups is 1. The topological polar surface area (TPSA) is 118 Å². The molecule has 9 heteroatoms. The second-order valence-corrected chi connectivity index (χ2v) is 7.84. The zero-order chi connectivity index (χ0) is 18.9. The average Bonchev–Trinajstić information content (AvgIpc) is 3.39. The van der Waals surface area contributed by atoms with Gasteiger partial charge in [-0.05, 0) is 44.0 Å². The molecule has 0 spiro atoms. The molecule has 0 atom stereocenters. The summed E-state index contributed by atoms with van der Waals surface area (Å²) in [4.78, 5) is 22.0. The van der Waals surface area contributed by atoms with Gasteiger partial charge in [-0.15, -0.1) is 0 Å². The van der Waals surface area contributed by atoms with Crippen LogP contribution in [0.3, 0.4) is 0 Å². The van der Waals surface area contributed by atoms with Gasteiger partial charge in [0.1, 0.15) is 0 Å². The molecule has 3 rings (SSSR count). The highest BCUT2D eigenvalue weighted by molar-refractivity contribution is 7.92. The maximum atomic E-state index is 12.5. The highest BCUT2D eigenvalue weighted by Crippen LogP contribution is 2.30. The van der Waals surface area contributed by atoms with Gasteiger partial charge in [0.15, 0.2) is 0 Å². The number of aryl methyl sites for hydroxylation is 1. The molecule has 0 radical (unpaired) electrons. The molecule has 8 nitrogen and oxygen atoms in total. The normalized spacial score (nSPS) is 13.9. The Hall–Kier alpha value is -2.94. The number of carbonyl (C=O) groups excluding carboxylic acids is 1. The summed E-state index contributed by atoms with van der Waals surface area (Å²) in [7, 11) is -4.00. The highest BCUT2D eigenvalue weighted by atomic mass is 32.2. The quantitative estimate of drug-likeness (QED) is 0.594. The van der Waals surface area contributed by atoms with Crippen molar-refractivity contribution in [1.29, 1.82) is 0 Å². The van der Waals surface area contributed by atoms with E-state index in [1.54, 1.807) is 12.1 Å². The van der Waals surface area contributed by atoms with E-state index in [-0.39, 0.29) is 28.1 Å². The number of amides is 1. The van der Waals surface area contributed by atoms with E-state index in [0.29, 0.717) is 11.3 Å². The number of anilines is 2. The third-order valence-electron chi connectivity index (χ3n) is 4.02. The summed E-state index contributed by atoms with van der Waals surface area (Å²) in [5.41, 5.74) is 0.843. The van der Waals surface area contributed by atoms with Crippen molar-refractivity contribution in [2.75, 3.05) is 10.0 Å². The van der Waals surface area contributed by atoms with Crippen LogP contribution >= 0.6 is 0 Å². The first-order valence-electron chi connectivity index (χ1n) is 7.95. The molecular formula is C17H17N3O5S. The number of carbonyl (C=O) groups is 1. The van der Waals surface area contributed by atoms with Gasteiger partial charge in [-0.1, -0.05) is 12.1 Å². The van der Waals surface area contributed by atoms with E-state index in [1.165, 1.54) is 31.2 Å². The number of benzene rings is 2. The Bertz CT molecular complexity index is 984. The van der Waals surface area contributed by atoms with Crippen molar-refractivity contribution in [1.82, 2.24) is 0 Å². The predicted octanol–water partition coefficient (Wildman–Crippen LogP) is 3.05. The van der Waals surface area contributed by atoms with Crippen molar-refractivity contribution in [3.05, 3.63) is 58.1 Å². The fourth-order valence-electron chi connectivity index (χ4n) is 2.42. The zero-order valence-electron chi connectivity index (χ0n) is 13.9. The SMILES string of the molecule is Cc1ccc(S(=O)(=O)Nc2cccc(NC(=O)C3CC3)c2)cc1[N+](=O)[O-]. The van der Waals surface area contributed by atoms with Gasteiger partial charge in [0.25, 0.3) is 15.7 Å². The van der Waals surface area contributed by atoms with Crippen LogP contribution in [0.2, 0.25) is 0 Å². The molecule has 1 amide bonds. The van der Waals surface area contributed by atoms with E-state index >= 15 is 0 Å². The number of nitrogens with zero attached hydrogens (tertiary/aromatic N) is 1. The van der Waals surface area contributed by atoms with Crippen LogP contribution in [0.15, 0.2) is 47.4 Å². The molecule has 0 bridgehead atoms. The van der Waals surface area contributed by atoms with E-state index in [9.17, 15) is 23.3 Å². The molecule has 1 aliphatic carbocycles. The third kappa shape index (κ3) is 3.99. The first-order chi connectivity index (χ1) is 12.3. The molecule has 2 aromatic carbocycles. The number of hydrogen-bond acceptors (Lipinski definition) is 5. The van der Waals surface area contributed by atoms with Gasteiger partial charge in [-0.3, -0.25) is 19.6 Å². The van der Waals surface area contributed by atoms with Gasteiger partial charge in [-0.25, -0.2) is 8.42 Å². The Morgan fingerprint density at radius 2 is 1.85 bits per heavy atom. The number of hydrogen-bond donors (Lipinski definition) is 2. The van der Waals surface area contributed by atoms with E-state index < -0.39 is 14.9 Å². The standard InChI is InChI=1S/C17H17N3O5S/c1-11-5-8-15(10-16(11)20(22)23)26(24,25)19-14-4-2-3-13(9-14)18-17(21)12-6-7-12/h2-5,8-10,12,19H,6-7H2,1H3,(H,18,21). The second kappa shape index (κ2) is 6.75. The molecule has 0 aliphatic heterocycles. The number of rotatable bonds is 6. The van der Waals surface area contributed by atoms with Crippen LogP contribution in [0.1, 0.15) is 18.4 Å². The van der Waals surface area contributed by atoms with Gasteiger partial charge < -0.3 is 5.32 Å². The molecule has 1 saturated carbocycles. The number of nitrogens with one attached hydrogen (secondary N) is 2. The average molecular weight is 375 g/mol. The lowest BCUT2D eigenvalue weighted by molar-refractivity contribution is -0.385. The van der Waals surface area contributed by atoms with Crippen molar-refractivity contribution in [3.63, 3.8) is 0 Å². The zero-order valence-corrected chi connectivity index (χ0v) is 14.7. The van der Waals surface area contributed by atoms with Crippen LogP contribution < -0.4 is 10.0 Å². The Labute approximate surface area is 150 Å². The molecule has 0 saturated heterocycles. The molecule has 0 heterocycles. The highest BCUT2D eigenvalue weighted by Gasteiger charge is 2.29. The van der Waals surface area contributed by atoms with E-state index in [4.69, 9.17) is 0 Å². The summed E-state index contributed by atoms with van der Waals surface area (Å²) in [6.07, 6.45) is 1.73. The van der Waals surface area contributed by atoms with Crippen molar-refractivity contribution in [3.8, 4) is 0 Å². The molecule has 1 aliphatic rings. The second-order valence-electron chi connectivity index (χ2n) is 6.16.